The molecule has 2 atom stereocenters. The number of carbonyl (C=O) groups excluding carboxylic acids is 2. The van der Waals surface area contributed by atoms with Gasteiger partial charge in [-0.15, -0.1) is 0 Å². The number of nitrogens with one attached hydrogen (secondary N) is 1. The number of likely N-dealkylation sites (tertiary alicyclic amines) is 1. The number of Topliss-reactive ketones (excluding diaryl/α,β-unsaturated/α-hetero) is 1. The summed E-state index contributed by atoms with van der Waals surface area (Å²) in [6.45, 7) is 8.62. The first-order chi connectivity index (χ1) is 24.2. The number of ketones is 1. The van der Waals surface area contributed by atoms with Crippen LogP contribution in [0, 0.1) is 0 Å². The van der Waals surface area contributed by atoms with Crippen LogP contribution in [0.3, 0.4) is 0 Å². The Labute approximate surface area is 298 Å². The highest BCUT2D eigenvalue weighted by Crippen LogP contribution is 2.23. The second-order valence-electron chi connectivity index (χ2n) is 14.1. The highest BCUT2D eigenvalue weighted by atomic mass is 16.6. The largest absolute Gasteiger partial charge is 0.492 e. The van der Waals surface area contributed by atoms with Crippen molar-refractivity contribution in [3.05, 3.63) is 131 Å². The van der Waals surface area contributed by atoms with Crippen LogP contribution in [0.1, 0.15) is 73.5 Å². The minimum Gasteiger partial charge on any atom is -0.492 e. The Bertz CT molecular complexity index is 1600. The summed E-state index contributed by atoms with van der Waals surface area (Å²) in [5, 5.41) is 3.45. The van der Waals surface area contributed by atoms with Gasteiger partial charge in [0.2, 0.25) is 0 Å². The van der Waals surface area contributed by atoms with Gasteiger partial charge in [0.25, 0.3) is 0 Å². The molecule has 2 saturated heterocycles. The van der Waals surface area contributed by atoms with Gasteiger partial charge in [0.05, 0.1) is 6.04 Å². The van der Waals surface area contributed by atoms with Gasteiger partial charge in [-0.05, 0) is 119 Å². The van der Waals surface area contributed by atoms with Crippen molar-refractivity contribution in [2.24, 2.45) is 0 Å². The lowest BCUT2D eigenvalue weighted by atomic mass is 10.0. The molecule has 0 saturated carbocycles. The fourth-order valence-corrected chi connectivity index (χ4v) is 6.16. The van der Waals surface area contributed by atoms with Gasteiger partial charge in [0.15, 0.2) is 5.78 Å². The fraction of sp³-hybridized carbons (Fsp3) is 0.395. The standard InChI is InChI=1S/C24H29NO4.C19H23NO/c1-24(2,3)29-23(27)25-15-7-10-20(25)17-28-21-13-11-19(12-14-21)22(26)16-18-8-5-4-6-9-18;1-2-5-16(6-3-1)8-9-17-10-12-19(13-11-17)21-15-18-7-4-14-20-18/h4-6,8-9,11-14,20H,7,10,15-17H2,1-3H3;1-3,5-6,10-13,18,20H,4,7-9,14-15H2. The third-order valence-corrected chi connectivity index (χ3v) is 8.91. The van der Waals surface area contributed by atoms with Crippen molar-refractivity contribution in [2.45, 2.75) is 83.4 Å². The number of ether oxygens (including phenoxy) is 3. The van der Waals surface area contributed by atoms with E-state index < -0.39 is 5.60 Å². The summed E-state index contributed by atoms with van der Waals surface area (Å²) in [5.41, 5.74) is 3.92. The Morgan fingerprint density at radius 1 is 0.700 bits per heavy atom. The molecule has 2 unspecified atom stereocenters. The normalized spacial score (nSPS) is 17.1. The minimum absolute atomic E-state index is 0.00393. The molecule has 264 valence electrons. The molecule has 2 aliphatic rings. The summed E-state index contributed by atoms with van der Waals surface area (Å²) < 4.78 is 17.2. The maximum Gasteiger partial charge on any atom is 0.410 e. The highest BCUT2D eigenvalue weighted by Gasteiger charge is 2.32. The third kappa shape index (κ3) is 12.1. The maximum absolute atomic E-state index is 12.4. The van der Waals surface area contributed by atoms with Crippen LogP contribution in [0.5, 0.6) is 11.5 Å². The van der Waals surface area contributed by atoms with E-state index in [4.69, 9.17) is 14.2 Å². The average Bonchev–Trinajstić information content (AvgIpc) is 3.83. The molecule has 2 aliphatic heterocycles. The number of hydrogen-bond donors (Lipinski definition) is 1. The van der Waals surface area contributed by atoms with Crippen molar-refractivity contribution in [3.8, 4) is 11.5 Å². The van der Waals surface area contributed by atoms with Crippen LogP contribution in [-0.2, 0) is 24.0 Å². The molecule has 4 aromatic carbocycles. The Balaban J connectivity index is 0.000000204. The van der Waals surface area contributed by atoms with Crippen LogP contribution in [-0.4, -0.2) is 60.8 Å². The quantitative estimate of drug-likeness (QED) is 0.152. The first kappa shape index (κ1) is 36.7. The monoisotopic (exact) mass is 676 g/mol. The van der Waals surface area contributed by atoms with Gasteiger partial charge in [-0.1, -0.05) is 72.8 Å². The molecule has 4 aromatic rings. The zero-order chi connectivity index (χ0) is 35.2. The first-order valence-corrected chi connectivity index (χ1v) is 18.0. The zero-order valence-electron chi connectivity index (χ0n) is 29.8. The molecule has 2 fully saturated rings. The third-order valence-electron chi connectivity index (χ3n) is 8.91. The van der Waals surface area contributed by atoms with E-state index in [1.54, 1.807) is 17.0 Å². The van der Waals surface area contributed by atoms with Crippen molar-refractivity contribution < 1.29 is 23.8 Å². The second kappa shape index (κ2) is 18.4. The van der Waals surface area contributed by atoms with Gasteiger partial charge >= 0.3 is 6.09 Å². The van der Waals surface area contributed by atoms with E-state index in [9.17, 15) is 9.59 Å². The van der Waals surface area contributed by atoms with E-state index in [2.05, 4.69) is 59.9 Å². The summed E-state index contributed by atoms with van der Waals surface area (Å²) >= 11 is 0. The van der Waals surface area contributed by atoms with Crippen LogP contribution < -0.4 is 14.8 Å². The Morgan fingerprint density at radius 3 is 1.88 bits per heavy atom. The lowest BCUT2D eigenvalue weighted by Gasteiger charge is -2.28. The van der Waals surface area contributed by atoms with Crippen molar-refractivity contribution in [1.29, 1.82) is 0 Å². The Morgan fingerprint density at radius 2 is 1.28 bits per heavy atom. The zero-order valence-corrected chi connectivity index (χ0v) is 29.8. The van der Waals surface area contributed by atoms with E-state index in [0.717, 1.165) is 50.1 Å². The van der Waals surface area contributed by atoms with Gasteiger partial charge in [0, 0.05) is 24.6 Å². The van der Waals surface area contributed by atoms with Gasteiger partial charge in [0.1, 0.15) is 30.3 Å². The molecule has 0 bridgehead atoms. The smallest absolute Gasteiger partial charge is 0.410 e. The summed E-state index contributed by atoms with van der Waals surface area (Å²) in [6, 6.07) is 36.6. The molecule has 1 amide bonds. The predicted molar refractivity (Wildman–Crippen MR) is 199 cm³/mol. The molecule has 7 heteroatoms. The van der Waals surface area contributed by atoms with E-state index in [-0.39, 0.29) is 17.9 Å². The maximum atomic E-state index is 12.4. The number of nitrogens with zero attached hydrogens (tertiary/aromatic N) is 1. The fourth-order valence-electron chi connectivity index (χ4n) is 6.16. The van der Waals surface area contributed by atoms with Crippen LogP contribution in [0.4, 0.5) is 4.79 Å². The summed E-state index contributed by atoms with van der Waals surface area (Å²) in [4.78, 5) is 26.5. The van der Waals surface area contributed by atoms with Crippen molar-refractivity contribution in [2.75, 3.05) is 26.3 Å². The summed E-state index contributed by atoms with van der Waals surface area (Å²) in [5.74, 6) is 1.75. The van der Waals surface area contributed by atoms with Crippen molar-refractivity contribution >= 4 is 11.9 Å². The molecule has 2 heterocycles. The van der Waals surface area contributed by atoms with Gasteiger partial charge < -0.3 is 24.4 Å². The SMILES string of the molecule is CC(C)(C)OC(=O)N1CCCC1COc1ccc(C(=O)Cc2ccccc2)cc1.c1ccc(CCc2ccc(OCC3CCCN3)cc2)cc1. The van der Waals surface area contributed by atoms with Crippen molar-refractivity contribution in [1.82, 2.24) is 10.2 Å². The minimum atomic E-state index is -0.507. The van der Waals surface area contributed by atoms with Crippen LogP contribution in [0.25, 0.3) is 0 Å². The molecule has 6 rings (SSSR count). The summed E-state index contributed by atoms with van der Waals surface area (Å²) in [6.07, 6.45) is 6.61. The van der Waals surface area contributed by atoms with Gasteiger partial charge in [-0.3, -0.25) is 4.79 Å². The number of aryl methyl sites for hydroxylation is 2. The molecule has 7 nitrogen and oxygen atoms in total. The lowest BCUT2D eigenvalue weighted by Crippen LogP contribution is -2.42. The number of rotatable bonds is 12. The number of carbonyl (C=O) groups is 2. The highest BCUT2D eigenvalue weighted by molar-refractivity contribution is 5.97. The Kier molecular flexibility index (Phi) is 13.5. The van der Waals surface area contributed by atoms with Crippen LogP contribution in [0.2, 0.25) is 0 Å². The van der Waals surface area contributed by atoms with Crippen LogP contribution in [0.15, 0.2) is 109 Å². The van der Waals surface area contributed by atoms with Gasteiger partial charge in [-0.25, -0.2) is 4.79 Å². The topological polar surface area (TPSA) is 77.1 Å². The molecule has 0 radical (unpaired) electrons. The first-order valence-electron chi connectivity index (χ1n) is 18.0. The molecular weight excluding hydrogens is 624 g/mol. The molecule has 50 heavy (non-hydrogen) atoms. The average molecular weight is 677 g/mol. The predicted octanol–water partition coefficient (Wildman–Crippen LogP) is 8.49. The lowest BCUT2D eigenvalue weighted by molar-refractivity contribution is 0.0187. The van der Waals surface area contributed by atoms with Gasteiger partial charge in [-0.2, -0.15) is 0 Å². The molecule has 0 aliphatic carbocycles. The van der Waals surface area contributed by atoms with E-state index in [0.29, 0.717) is 36.9 Å². The number of benzene rings is 4. The van der Waals surface area contributed by atoms with E-state index >= 15 is 0 Å². The second-order valence-corrected chi connectivity index (χ2v) is 14.1. The number of hydrogen-bond acceptors (Lipinski definition) is 6. The summed E-state index contributed by atoms with van der Waals surface area (Å²) in [7, 11) is 0. The van der Waals surface area contributed by atoms with E-state index in [1.165, 1.54) is 24.0 Å². The van der Waals surface area contributed by atoms with Crippen molar-refractivity contribution in [3.63, 3.8) is 0 Å². The van der Waals surface area contributed by atoms with E-state index in [1.807, 2.05) is 63.2 Å². The molecule has 0 aromatic heterocycles. The molecular formula is C43H52N2O5. The molecule has 1 N–H and O–H groups in total. The molecule has 0 spiro atoms. The number of amides is 1. The van der Waals surface area contributed by atoms with Crippen LogP contribution >= 0.6 is 0 Å². The Hall–Kier alpha value is -4.62.